The van der Waals surface area contributed by atoms with E-state index in [2.05, 4.69) is 5.10 Å². The van der Waals surface area contributed by atoms with Gasteiger partial charge in [0.15, 0.2) is 0 Å². The normalized spacial score (nSPS) is 14.5. The van der Waals surface area contributed by atoms with E-state index in [9.17, 15) is 9.59 Å². The van der Waals surface area contributed by atoms with Crippen LogP contribution in [-0.2, 0) is 24.3 Å². The molecule has 0 spiro atoms. The molecule has 0 fully saturated rings. The number of benzene rings is 1. The summed E-state index contributed by atoms with van der Waals surface area (Å²) in [5.74, 6) is 0.905. The van der Waals surface area contributed by atoms with Gasteiger partial charge >= 0.3 is 5.69 Å². The van der Waals surface area contributed by atoms with Crippen molar-refractivity contribution in [2.45, 2.75) is 32.9 Å². The fraction of sp³-hybridized carbons (Fsp3) is 0.438. The summed E-state index contributed by atoms with van der Waals surface area (Å²) >= 11 is 0. The van der Waals surface area contributed by atoms with Gasteiger partial charge in [0.05, 0.1) is 6.54 Å². The summed E-state index contributed by atoms with van der Waals surface area (Å²) in [6.07, 6.45) is 1.13. The van der Waals surface area contributed by atoms with Gasteiger partial charge in [-0.2, -0.15) is 5.10 Å². The fourth-order valence-electron chi connectivity index (χ4n) is 2.80. The van der Waals surface area contributed by atoms with E-state index in [1.54, 1.807) is 4.57 Å². The number of fused-ring (bicyclic) bond motifs is 1. The molecule has 116 valence electrons. The van der Waals surface area contributed by atoms with Gasteiger partial charge in [-0.3, -0.25) is 9.36 Å². The molecule has 0 aliphatic carbocycles. The van der Waals surface area contributed by atoms with Gasteiger partial charge in [-0.05, 0) is 5.56 Å². The van der Waals surface area contributed by atoms with Gasteiger partial charge in [-0.15, -0.1) is 0 Å². The predicted octanol–water partition coefficient (Wildman–Crippen LogP) is 0.888. The number of nitrogens with zero attached hydrogens (tertiary/aromatic N) is 4. The van der Waals surface area contributed by atoms with E-state index in [1.807, 2.05) is 42.2 Å². The quantitative estimate of drug-likeness (QED) is 0.846. The van der Waals surface area contributed by atoms with Gasteiger partial charge in [-0.1, -0.05) is 37.3 Å². The van der Waals surface area contributed by atoms with Crippen molar-refractivity contribution in [2.75, 3.05) is 13.1 Å². The molecule has 6 nitrogen and oxygen atoms in total. The van der Waals surface area contributed by atoms with E-state index in [4.69, 9.17) is 0 Å². The van der Waals surface area contributed by atoms with Crippen molar-refractivity contribution in [1.29, 1.82) is 0 Å². The Morgan fingerprint density at radius 1 is 1.18 bits per heavy atom. The molecule has 0 unspecified atom stereocenters. The molecule has 2 aromatic rings. The number of carbonyl (C=O) groups excluding carboxylic acids is 1. The molecule has 0 bridgehead atoms. The van der Waals surface area contributed by atoms with Crippen LogP contribution in [-0.4, -0.2) is 38.2 Å². The molecular formula is C16H20N4O2. The van der Waals surface area contributed by atoms with Gasteiger partial charge in [-0.25, -0.2) is 9.48 Å². The summed E-state index contributed by atoms with van der Waals surface area (Å²) in [5.41, 5.74) is 0.963. The minimum absolute atomic E-state index is 0.0929. The maximum absolute atomic E-state index is 12.5. The largest absolute Gasteiger partial charge is 0.346 e. The van der Waals surface area contributed by atoms with E-state index < -0.39 is 0 Å². The lowest BCUT2D eigenvalue weighted by molar-refractivity contribution is -0.130. The number of rotatable bonds is 3. The van der Waals surface area contributed by atoms with Crippen molar-refractivity contribution in [1.82, 2.24) is 19.2 Å². The predicted molar refractivity (Wildman–Crippen MR) is 82.6 cm³/mol. The van der Waals surface area contributed by atoms with Crippen LogP contribution in [0.5, 0.6) is 0 Å². The minimum Gasteiger partial charge on any atom is -0.340 e. The van der Waals surface area contributed by atoms with Crippen LogP contribution < -0.4 is 5.69 Å². The third-order valence-electron chi connectivity index (χ3n) is 4.03. The monoisotopic (exact) mass is 300 g/mol. The molecule has 1 aliphatic heterocycles. The average molecular weight is 300 g/mol. The highest BCUT2D eigenvalue weighted by atomic mass is 16.2. The molecule has 0 N–H and O–H groups in total. The maximum atomic E-state index is 12.5. The zero-order valence-electron chi connectivity index (χ0n) is 12.7. The second kappa shape index (κ2) is 6.17. The zero-order chi connectivity index (χ0) is 15.5. The number of carbonyl (C=O) groups is 1. The van der Waals surface area contributed by atoms with Crippen LogP contribution in [0.3, 0.4) is 0 Å². The molecule has 6 heteroatoms. The molecule has 0 saturated carbocycles. The first-order chi connectivity index (χ1) is 10.7. The number of hydrogen-bond acceptors (Lipinski definition) is 3. The van der Waals surface area contributed by atoms with E-state index in [0.717, 1.165) is 11.4 Å². The van der Waals surface area contributed by atoms with Crippen molar-refractivity contribution >= 4 is 5.91 Å². The van der Waals surface area contributed by atoms with Crippen molar-refractivity contribution in [3.05, 3.63) is 52.2 Å². The molecule has 1 amide bonds. The Morgan fingerprint density at radius 2 is 1.95 bits per heavy atom. The fourth-order valence-corrected chi connectivity index (χ4v) is 2.80. The molecule has 0 radical (unpaired) electrons. The minimum atomic E-state index is -0.0929. The zero-order valence-corrected chi connectivity index (χ0v) is 12.7. The standard InChI is InChI=1S/C16H20N4O2/c1-2-15(21)18-9-8-14-17-20(16(22)19(14)11-10-18)12-13-6-4-3-5-7-13/h3-7H,2,8-12H2,1H3. The van der Waals surface area contributed by atoms with Crippen LogP contribution in [0.25, 0.3) is 0 Å². The summed E-state index contributed by atoms with van der Waals surface area (Å²) < 4.78 is 3.22. The third kappa shape index (κ3) is 2.81. The van der Waals surface area contributed by atoms with Gasteiger partial charge in [0.25, 0.3) is 0 Å². The van der Waals surface area contributed by atoms with Crippen molar-refractivity contribution < 1.29 is 4.79 Å². The van der Waals surface area contributed by atoms with Gasteiger partial charge in [0.2, 0.25) is 5.91 Å². The first-order valence-electron chi connectivity index (χ1n) is 7.67. The lowest BCUT2D eigenvalue weighted by Gasteiger charge is -2.18. The Kier molecular flexibility index (Phi) is 4.09. The van der Waals surface area contributed by atoms with E-state index in [0.29, 0.717) is 39.0 Å². The van der Waals surface area contributed by atoms with Crippen molar-refractivity contribution in [3.8, 4) is 0 Å². The molecule has 1 aliphatic rings. The summed E-state index contributed by atoms with van der Waals surface area (Å²) in [6, 6.07) is 9.83. The van der Waals surface area contributed by atoms with Gasteiger partial charge in [0.1, 0.15) is 5.82 Å². The van der Waals surface area contributed by atoms with Crippen LogP contribution in [0.2, 0.25) is 0 Å². The second-order valence-corrected chi connectivity index (χ2v) is 5.48. The maximum Gasteiger partial charge on any atom is 0.346 e. The van der Waals surface area contributed by atoms with E-state index in [-0.39, 0.29) is 11.6 Å². The van der Waals surface area contributed by atoms with Crippen LogP contribution in [0.1, 0.15) is 24.7 Å². The van der Waals surface area contributed by atoms with E-state index >= 15 is 0 Å². The number of amides is 1. The van der Waals surface area contributed by atoms with Crippen LogP contribution >= 0.6 is 0 Å². The molecule has 1 aromatic carbocycles. The highest BCUT2D eigenvalue weighted by molar-refractivity contribution is 5.75. The summed E-state index contributed by atoms with van der Waals surface area (Å²) in [6.45, 7) is 4.08. The summed E-state index contributed by atoms with van der Waals surface area (Å²) in [5, 5.41) is 4.45. The first-order valence-corrected chi connectivity index (χ1v) is 7.67. The number of hydrogen-bond donors (Lipinski definition) is 0. The lowest BCUT2D eigenvalue weighted by Crippen LogP contribution is -2.34. The average Bonchev–Trinajstić information content (AvgIpc) is 2.73. The molecule has 1 aromatic heterocycles. The lowest BCUT2D eigenvalue weighted by atomic mass is 10.2. The summed E-state index contributed by atoms with van der Waals surface area (Å²) in [7, 11) is 0. The molecule has 2 heterocycles. The topological polar surface area (TPSA) is 60.1 Å². The summed E-state index contributed by atoms with van der Waals surface area (Å²) in [4.78, 5) is 26.1. The van der Waals surface area contributed by atoms with Crippen LogP contribution in [0.15, 0.2) is 35.1 Å². The highest BCUT2D eigenvalue weighted by Gasteiger charge is 2.21. The molecular weight excluding hydrogens is 280 g/mol. The van der Waals surface area contributed by atoms with Gasteiger partial charge < -0.3 is 4.90 Å². The Hall–Kier alpha value is -2.37. The smallest absolute Gasteiger partial charge is 0.340 e. The number of aromatic nitrogens is 3. The SMILES string of the molecule is CCC(=O)N1CCc2nn(Cc3ccccc3)c(=O)n2CC1. The Bertz CT molecular complexity index is 717. The van der Waals surface area contributed by atoms with E-state index in [1.165, 1.54) is 4.68 Å². The molecule has 3 rings (SSSR count). The molecule has 0 saturated heterocycles. The van der Waals surface area contributed by atoms with Crippen molar-refractivity contribution in [3.63, 3.8) is 0 Å². The van der Waals surface area contributed by atoms with Crippen LogP contribution in [0.4, 0.5) is 0 Å². The Labute approximate surface area is 129 Å². The van der Waals surface area contributed by atoms with Crippen molar-refractivity contribution in [2.24, 2.45) is 0 Å². The highest BCUT2D eigenvalue weighted by Crippen LogP contribution is 2.07. The van der Waals surface area contributed by atoms with Gasteiger partial charge in [0, 0.05) is 32.5 Å². The Morgan fingerprint density at radius 3 is 2.68 bits per heavy atom. The second-order valence-electron chi connectivity index (χ2n) is 5.48. The van der Waals surface area contributed by atoms with Crippen LogP contribution in [0, 0.1) is 0 Å². The molecule has 0 atom stereocenters. The Balaban J connectivity index is 1.80. The first kappa shape index (κ1) is 14.6. The molecule has 22 heavy (non-hydrogen) atoms. The third-order valence-corrected chi connectivity index (χ3v) is 4.03.